The van der Waals surface area contributed by atoms with Crippen molar-refractivity contribution in [2.24, 2.45) is 0 Å². The Labute approximate surface area is 164 Å². The first-order valence-electron chi connectivity index (χ1n) is 8.07. The minimum Gasteiger partial charge on any atom is -0.478 e. The second-order valence-corrected chi connectivity index (χ2v) is 7.68. The number of thiocarbonyl (C=S) groups is 1. The minimum atomic E-state index is -0.587. The van der Waals surface area contributed by atoms with Gasteiger partial charge < -0.3 is 15.0 Å². The van der Waals surface area contributed by atoms with Gasteiger partial charge in [-0.05, 0) is 29.3 Å². The molecule has 136 valence electrons. The van der Waals surface area contributed by atoms with E-state index in [1.165, 1.54) is 11.0 Å². The summed E-state index contributed by atoms with van der Waals surface area (Å²) in [6.07, 6.45) is 1.54. The largest absolute Gasteiger partial charge is 0.478 e. The molecular formula is C19H13FN2O3S2. The second-order valence-electron chi connectivity index (χ2n) is 5.96. The van der Waals surface area contributed by atoms with E-state index in [1.54, 1.807) is 12.1 Å². The molecule has 1 saturated heterocycles. The van der Waals surface area contributed by atoms with Crippen molar-refractivity contribution in [1.82, 2.24) is 5.32 Å². The van der Waals surface area contributed by atoms with Crippen LogP contribution >= 0.6 is 24.0 Å². The lowest BCUT2D eigenvalue weighted by atomic mass is 10.1. The average molecular weight is 400 g/mol. The fraction of sp³-hybridized carbons (Fsp3) is 0.105. The molecule has 8 heteroatoms. The first-order valence-corrected chi connectivity index (χ1v) is 9.29. The number of rotatable bonds is 3. The fourth-order valence-electron chi connectivity index (χ4n) is 2.88. The number of halogens is 1. The maximum absolute atomic E-state index is 14.6. The highest BCUT2D eigenvalue weighted by Gasteiger charge is 2.29. The van der Waals surface area contributed by atoms with E-state index in [-0.39, 0.29) is 24.2 Å². The molecule has 2 heterocycles. The van der Waals surface area contributed by atoms with Crippen molar-refractivity contribution in [2.45, 2.75) is 6.54 Å². The summed E-state index contributed by atoms with van der Waals surface area (Å²) in [4.78, 5) is 26.1. The van der Waals surface area contributed by atoms with Gasteiger partial charge in [0, 0.05) is 0 Å². The number of hydrogen-bond donors (Lipinski definition) is 1. The molecule has 2 aromatic rings. The second kappa shape index (κ2) is 7.13. The van der Waals surface area contributed by atoms with Crippen molar-refractivity contribution in [3.63, 3.8) is 0 Å². The third kappa shape index (κ3) is 3.58. The molecule has 5 nitrogen and oxygen atoms in total. The molecule has 2 aliphatic rings. The summed E-state index contributed by atoms with van der Waals surface area (Å²) >= 11 is 6.08. The van der Waals surface area contributed by atoms with E-state index in [1.807, 2.05) is 30.3 Å². The maximum Gasteiger partial charge on any atom is 0.265 e. The summed E-state index contributed by atoms with van der Waals surface area (Å²) in [6.45, 7) is 0.0819. The Morgan fingerprint density at radius 2 is 2.04 bits per heavy atom. The van der Waals surface area contributed by atoms with Crippen LogP contribution in [-0.2, 0) is 16.1 Å². The molecule has 0 bridgehead atoms. The zero-order valence-electron chi connectivity index (χ0n) is 13.9. The molecule has 1 fully saturated rings. The van der Waals surface area contributed by atoms with Gasteiger partial charge >= 0.3 is 0 Å². The van der Waals surface area contributed by atoms with Crippen LogP contribution in [0.5, 0.6) is 5.75 Å². The van der Waals surface area contributed by atoms with E-state index in [4.69, 9.17) is 17.0 Å². The van der Waals surface area contributed by atoms with Crippen molar-refractivity contribution in [2.75, 3.05) is 11.5 Å². The van der Waals surface area contributed by atoms with E-state index in [0.29, 0.717) is 27.0 Å². The van der Waals surface area contributed by atoms with Crippen LogP contribution in [0.1, 0.15) is 11.1 Å². The summed E-state index contributed by atoms with van der Waals surface area (Å²) in [5.41, 5.74) is 1.71. The van der Waals surface area contributed by atoms with Gasteiger partial charge in [-0.15, -0.1) is 0 Å². The lowest BCUT2D eigenvalue weighted by Crippen LogP contribution is -2.38. The predicted molar refractivity (Wildman–Crippen MR) is 106 cm³/mol. The molecule has 1 N–H and O–H groups in total. The number of anilines is 1. The first kappa shape index (κ1) is 17.7. The molecule has 0 spiro atoms. The van der Waals surface area contributed by atoms with Crippen LogP contribution in [0.25, 0.3) is 6.08 Å². The Morgan fingerprint density at radius 1 is 1.26 bits per heavy atom. The molecule has 4 rings (SSSR count). The maximum atomic E-state index is 14.6. The quantitative estimate of drug-likeness (QED) is 0.633. The number of carbonyl (C=O) groups is 2. The molecule has 27 heavy (non-hydrogen) atoms. The van der Waals surface area contributed by atoms with Crippen molar-refractivity contribution in [1.29, 1.82) is 0 Å². The molecule has 0 unspecified atom stereocenters. The average Bonchev–Trinajstić information content (AvgIpc) is 2.95. The lowest BCUT2D eigenvalue weighted by Gasteiger charge is -2.30. The van der Waals surface area contributed by atoms with Gasteiger partial charge in [0.05, 0.1) is 17.1 Å². The molecule has 0 radical (unpaired) electrons. The number of amides is 2. The van der Waals surface area contributed by atoms with Crippen LogP contribution in [0.4, 0.5) is 10.1 Å². The number of benzene rings is 2. The smallest absolute Gasteiger partial charge is 0.265 e. The van der Waals surface area contributed by atoms with Gasteiger partial charge in [0.15, 0.2) is 18.2 Å². The van der Waals surface area contributed by atoms with E-state index in [0.717, 1.165) is 17.3 Å². The van der Waals surface area contributed by atoms with E-state index >= 15 is 0 Å². The van der Waals surface area contributed by atoms with Crippen molar-refractivity contribution >= 4 is 51.9 Å². The monoisotopic (exact) mass is 400 g/mol. The van der Waals surface area contributed by atoms with Gasteiger partial charge in [0.25, 0.3) is 11.8 Å². The molecule has 0 atom stereocenters. The highest BCUT2D eigenvalue weighted by Crippen LogP contribution is 2.38. The SMILES string of the molecule is O=C1NC(=S)SC1=Cc1cc(F)c2c(c1)N(Cc1ccccc1)C(=O)CO2. The van der Waals surface area contributed by atoms with Gasteiger partial charge in [-0.1, -0.05) is 54.3 Å². The Morgan fingerprint density at radius 3 is 2.74 bits per heavy atom. The van der Waals surface area contributed by atoms with Crippen LogP contribution < -0.4 is 15.0 Å². The van der Waals surface area contributed by atoms with E-state index in [9.17, 15) is 14.0 Å². The Balaban J connectivity index is 1.74. The van der Waals surface area contributed by atoms with Crippen LogP contribution in [0.3, 0.4) is 0 Å². The third-order valence-electron chi connectivity index (χ3n) is 4.10. The molecule has 0 aromatic heterocycles. The topological polar surface area (TPSA) is 58.6 Å². The highest BCUT2D eigenvalue weighted by atomic mass is 32.2. The molecular weight excluding hydrogens is 387 g/mol. The van der Waals surface area contributed by atoms with Gasteiger partial charge in [-0.2, -0.15) is 0 Å². The Bertz CT molecular complexity index is 992. The summed E-state index contributed by atoms with van der Waals surface area (Å²) in [5, 5.41) is 2.52. The number of nitrogens with one attached hydrogen (secondary N) is 1. The van der Waals surface area contributed by atoms with Crippen LogP contribution in [-0.4, -0.2) is 22.7 Å². The van der Waals surface area contributed by atoms with Crippen molar-refractivity contribution < 1.29 is 18.7 Å². The van der Waals surface area contributed by atoms with Crippen LogP contribution in [0.2, 0.25) is 0 Å². The Kier molecular flexibility index (Phi) is 4.67. The van der Waals surface area contributed by atoms with Gasteiger partial charge in [-0.25, -0.2) is 4.39 Å². The molecule has 0 saturated carbocycles. The normalized spacial score (nSPS) is 17.7. The standard InChI is InChI=1S/C19H13FN2O3S2/c20-13-6-12(8-15-18(24)21-19(26)27-15)7-14-17(13)25-10-16(23)22(14)9-11-4-2-1-3-5-11/h1-8H,9-10H2,(H,21,24,26). The number of carbonyl (C=O) groups excluding carboxylic acids is 2. The van der Waals surface area contributed by atoms with E-state index < -0.39 is 5.82 Å². The highest BCUT2D eigenvalue weighted by molar-refractivity contribution is 8.26. The summed E-state index contributed by atoms with van der Waals surface area (Å²) in [5.74, 6) is -1.14. The summed E-state index contributed by atoms with van der Waals surface area (Å²) in [7, 11) is 0. The number of nitrogens with zero attached hydrogens (tertiary/aromatic N) is 1. The molecule has 0 aliphatic carbocycles. The van der Waals surface area contributed by atoms with Gasteiger partial charge in [0.1, 0.15) is 4.32 Å². The number of thioether (sulfide) groups is 1. The van der Waals surface area contributed by atoms with Crippen LogP contribution in [0.15, 0.2) is 47.4 Å². The minimum absolute atomic E-state index is 0.0340. The lowest BCUT2D eigenvalue weighted by molar-refractivity contribution is -0.121. The third-order valence-corrected chi connectivity index (χ3v) is 5.26. The van der Waals surface area contributed by atoms with Gasteiger partial charge in [-0.3, -0.25) is 9.59 Å². The molecule has 2 amide bonds. The number of hydrogen-bond acceptors (Lipinski definition) is 5. The Hall–Kier alpha value is -2.71. The van der Waals surface area contributed by atoms with Crippen LogP contribution in [0, 0.1) is 5.82 Å². The summed E-state index contributed by atoms with van der Waals surface area (Å²) in [6, 6.07) is 12.3. The molecule has 2 aromatic carbocycles. The fourth-order valence-corrected chi connectivity index (χ4v) is 3.93. The van der Waals surface area contributed by atoms with Crippen molar-refractivity contribution in [3.8, 4) is 5.75 Å². The first-order chi connectivity index (χ1) is 13.0. The zero-order valence-corrected chi connectivity index (χ0v) is 15.5. The molecule has 2 aliphatic heterocycles. The van der Waals surface area contributed by atoms with Crippen molar-refractivity contribution in [3.05, 3.63) is 64.3 Å². The zero-order chi connectivity index (χ0) is 19.0. The van der Waals surface area contributed by atoms with Gasteiger partial charge in [0.2, 0.25) is 0 Å². The predicted octanol–water partition coefficient (Wildman–Crippen LogP) is 3.24. The van der Waals surface area contributed by atoms with E-state index in [2.05, 4.69) is 5.32 Å². The summed E-state index contributed by atoms with van der Waals surface area (Å²) < 4.78 is 20.3. The number of fused-ring (bicyclic) bond motifs is 1. The number of ether oxygens (including phenoxy) is 1.